The Labute approximate surface area is 137 Å². The van der Waals surface area contributed by atoms with Crippen molar-refractivity contribution in [2.45, 2.75) is 56.8 Å². The second-order valence-corrected chi connectivity index (χ2v) is 6.78. The average molecular weight is 327 g/mol. The van der Waals surface area contributed by atoms with Crippen molar-refractivity contribution in [2.24, 2.45) is 11.8 Å². The van der Waals surface area contributed by atoms with E-state index in [1.54, 1.807) is 18.2 Å². The van der Waals surface area contributed by atoms with Crippen LogP contribution in [0.1, 0.15) is 51.9 Å². The first-order valence-electron chi connectivity index (χ1n) is 7.80. The molecule has 21 heavy (non-hydrogen) atoms. The summed E-state index contributed by atoms with van der Waals surface area (Å²) in [6, 6.07) is 5.13. The van der Waals surface area contributed by atoms with Crippen molar-refractivity contribution in [2.75, 3.05) is 0 Å². The van der Waals surface area contributed by atoms with Crippen LogP contribution in [0.2, 0.25) is 5.02 Å². The predicted molar refractivity (Wildman–Crippen MR) is 89.3 cm³/mol. The highest BCUT2D eigenvalue weighted by atomic mass is 35.5. The molecule has 0 spiro atoms. The number of carbonyl (C=O) groups is 1. The van der Waals surface area contributed by atoms with Gasteiger partial charge in [0, 0.05) is 11.0 Å². The lowest BCUT2D eigenvalue weighted by Gasteiger charge is -2.27. The van der Waals surface area contributed by atoms with Gasteiger partial charge in [-0.15, -0.1) is 12.6 Å². The van der Waals surface area contributed by atoms with Crippen molar-refractivity contribution in [1.29, 1.82) is 0 Å². The summed E-state index contributed by atoms with van der Waals surface area (Å²) in [4.78, 5) is 12.9. The first-order chi connectivity index (χ1) is 10.1. The highest BCUT2D eigenvalue weighted by Gasteiger charge is 2.27. The van der Waals surface area contributed by atoms with Gasteiger partial charge in [-0.25, -0.2) is 0 Å². The Morgan fingerprint density at radius 2 is 2.05 bits per heavy atom. The maximum atomic E-state index is 12.2. The lowest BCUT2D eigenvalue weighted by molar-refractivity contribution is -0.140. The van der Waals surface area contributed by atoms with Crippen LogP contribution in [-0.2, 0) is 4.79 Å². The summed E-state index contributed by atoms with van der Waals surface area (Å²) < 4.78 is 5.45. The summed E-state index contributed by atoms with van der Waals surface area (Å²) in [6.07, 6.45) is 8.05. The molecule has 0 amide bonds. The third-order valence-corrected chi connectivity index (χ3v) is 5.12. The molecule has 0 saturated heterocycles. The van der Waals surface area contributed by atoms with E-state index >= 15 is 0 Å². The number of carbonyl (C=O) groups excluding carboxylic acids is 1. The smallest absolute Gasteiger partial charge is 0.314 e. The van der Waals surface area contributed by atoms with Crippen LogP contribution < -0.4 is 4.74 Å². The highest BCUT2D eigenvalue weighted by molar-refractivity contribution is 7.80. The first kappa shape index (κ1) is 16.7. The molecular weight excluding hydrogens is 304 g/mol. The highest BCUT2D eigenvalue weighted by Crippen LogP contribution is 2.33. The predicted octanol–water partition coefficient (Wildman–Crippen LogP) is 5.53. The van der Waals surface area contributed by atoms with E-state index in [9.17, 15) is 4.79 Å². The van der Waals surface area contributed by atoms with Crippen LogP contribution in [0.5, 0.6) is 5.75 Å². The van der Waals surface area contributed by atoms with Crippen LogP contribution in [0, 0.1) is 11.8 Å². The van der Waals surface area contributed by atoms with Crippen molar-refractivity contribution in [1.82, 2.24) is 0 Å². The Balaban J connectivity index is 1.83. The molecule has 2 nitrogen and oxygen atoms in total. The van der Waals surface area contributed by atoms with Gasteiger partial charge < -0.3 is 4.74 Å². The van der Waals surface area contributed by atoms with Crippen molar-refractivity contribution < 1.29 is 9.53 Å². The van der Waals surface area contributed by atoms with E-state index in [0.29, 0.717) is 15.7 Å². The molecule has 0 heterocycles. The van der Waals surface area contributed by atoms with Gasteiger partial charge in [0.05, 0.1) is 10.9 Å². The van der Waals surface area contributed by atoms with Crippen LogP contribution in [-0.4, -0.2) is 5.97 Å². The van der Waals surface area contributed by atoms with E-state index in [4.69, 9.17) is 16.3 Å². The van der Waals surface area contributed by atoms with Gasteiger partial charge in [0.1, 0.15) is 5.75 Å². The number of esters is 1. The molecule has 1 aliphatic carbocycles. The van der Waals surface area contributed by atoms with Gasteiger partial charge in [0.15, 0.2) is 0 Å². The zero-order chi connectivity index (χ0) is 15.2. The summed E-state index contributed by atoms with van der Waals surface area (Å²) >= 11 is 10.2. The fraction of sp³-hybridized carbons (Fsp3) is 0.588. The minimum atomic E-state index is -0.119. The van der Waals surface area contributed by atoms with E-state index in [-0.39, 0.29) is 11.9 Å². The van der Waals surface area contributed by atoms with Crippen LogP contribution in [0.3, 0.4) is 0 Å². The summed E-state index contributed by atoms with van der Waals surface area (Å²) in [5.41, 5.74) is 0. The Kier molecular flexibility index (Phi) is 6.43. The van der Waals surface area contributed by atoms with Crippen LogP contribution in [0.25, 0.3) is 0 Å². The number of halogens is 1. The molecule has 0 aromatic heterocycles. The minimum Gasteiger partial charge on any atom is -0.426 e. The van der Waals surface area contributed by atoms with Crippen molar-refractivity contribution in [3.05, 3.63) is 23.2 Å². The van der Waals surface area contributed by atoms with Crippen LogP contribution in [0.4, 0.5) is 0 Å². The van der Waals surface area contributed by atoms with E-state index in [1.807, 2.05) is 0 Å². The fourth-order valence-corrected chi connectivity index (χ4v) is 3.24. The molecular formula is C17H23ClO2S. The van der Waals surface area contributed by atoms with Gasteiger partial charge >= 0.3 is 5.97 Å². The van der Waals surface area contributed by atoms with Crippen LogP contribution in [0.15, 0.2) is 23.1 Å². The Bertz CT molecular complexity index is 482. The second kappa shape index (κ2) is 8.09. The molecule has 0 unspecified atom stereocenters. The number of thiol groups is 1. The average Bonchev–Trinajstić information content (AvgIpc) is 2.49. The molecule has 0 aliphatic heterocycles. The fourth-order valence-electron chi connectivity index (χ4n) is 2.93. The molecule has 1 saturated carbocycles. The molecule has 116 valence electrons. The number of ether oxygens (including phenoxy) is 1. The minimum absolute atomic E-state index is 0.0392. The second-order valence-electron chi connectivity index (χ2n) is 5.89. The summed E-state index contributed by atoms with van der Waals surface area (Å²) in [5.74, 6) is 1.23. The summed E-state index contributed by atoms with van der Waals surface area (Å²) in [6.45, 7) is 2.23. The number of benzene rings is 1. The number of hydrogen-bond acceptors (Lipinski definition) is 3. The maximum Gasteiger partial charge on any atom is 0.314 e. The molecule has 0 bridgehead atoms. The van der Waals surface area contributed by atoms with Crippen molar-refractivity contribution >= 4 is 30.2 Å². The van der Waals surface area contributed by atoms with Gasteiger partial charge in [0.25, 0.3) is 0 Å². The normalized spacial score (nSPS) is 22.0. The molecule has 1 aromatic rings. The van der Waals surface area contributed by atoms with E-state index in [2.05, 4.69) is 19.6 Å². The molecule has 1 fully saturated rings. The lowest BCUT2D eigenvalue weighted by atomic mass is 9.80. The Hall–Kier alpha value is -0.670. The van der Waals surface area contributed by atoms with Gasteiger partial charge in [-0.1, -0.05) is 37.8 Å². The van der Waals surface area contributed by atoms with Gasteiger partial charge in [0.2, 0.25) is 0 Å². The van der Waals surface area contributed by atoms with E-state index in [0.717, 1.165) is 31.6 Å². The zero-order valence-corrected chi connectivity index (χ0v) is 14.1. The monoisotopic (exact) mass is 326 g/mol. The third-order valence-electron chi connectivity index (χ3n) is 4.28. The van der Waals surface area contributed by atoms with Gasteiger partial charge in [-0.3, -0.25) is 4.79 Å². The SMILES string of the molecule is CCCCC1CCC(C(=O)Oc2ccc(S)c(Cl)c2)CC1. The van der Waals surface area contributed by atoms with Crippen molar-refractivity contribution in [3.63, 3.8) is 0 Å². The maximum absolute atomic E-state index is 12.2. The number of hydrogen-bond donors (Lipinski definition) is 1. The summed E-state index contributed by atoms with van der Waals surface area (Å²) in [5, 5.41) is 0.506. The van der Waals surface area contributed by atoms with Gasteiger partial charge in [-0.2, -0.15) is 0 Å². The molecule has 1 aromatic carbocycles. The molecule has 0 N–H and O–H groups in total. The third kappa shape index (κ3) is 4.93. The molecule has 1 aliphatic rings. The Morgan fingerprint density at radius 3 is 2.67 bits per heavy atom. The molecule has 2 rings (SSSR count). The number of unbranched alkanes of at least 4 members (excludes halogenated alkanes) is 1. The first-order valence-corrected chi connectivity index (χ1v) is 8.63. The zero-order valence-electron chi connectivity index (χ0n) is 12.5. The van der Waals surface area contributed by atoms with Crippen LogP contribution >= 0.6 is 24.2 Å². The molecule has 4 heteroatoms. The van der Waals surface area contributed by atoms with Crippen molar-refractivity contribution in [3.8, 4) is 5.75 Å². The standard InChI is InChI=1S/C17H23ClO2S/c1-2-3-4-12-5-7-13(8-6-12)17(19)20-14-9-10-16(21)15(18)11-14/h9-13,21H,2-8H2,1H3. The topological polar surface area (TPSA) is 26.3 Å². The lowest BCUT2D eigenvalue weighted by Crippen LogP contribution is -2.25. The van der Waals surface area contributed by atoms with Gasteiger partial charge in [-0.05, 0) is 43.7 Å². The van der Waals surface area contributed by atoms with E-state index in [1.165, 1.54) is 19.3 Å². The summed E-state index contributed by atoms with van der Waals surface area (Å²) in [7, 11) is 0. The number of rotatable bonds is 5. The quantitative estimate of drug-likeness (QED) is 0.437. The largest absolute Gasteiger partial charge is 0.426 e. The molecule has 0 radical (unpaired) electrons. The Morgan fingerprint density at radius 1 is 1.33 bits per heavy atom. The molecule has 0 atom stereocenters. The van der Waals surface area contributed by atoms with E-state index < -0.39 is 0 Å².